The van der Waals surface area contributed by atoms with Gasteiger partial charge < -0.3 is 0 Å². The molecule has 1 heteroatoms. The largest absolute Gasteiger partial charge is 0.298 e. The second-order valence-electron chi connectivity index (χ2n) is 3.57. The predicted molar refractivity (Wildman–Crippen MR) is 72.6 cm³/mol. The van der Waals surface area contributed by atoms with Crippen LogP contribution >= 0.6 is 0 Å². The second-order valence-corrected chi connectivity index (χ2v) is 3.57. The summed E-state index contributed by atoms with van der Waals surface area (Å²) >= 11 is 0. The maximum atomic E-state index is 10.2. The van der Waals surface area contributed by atoms with Crippen molar-refractivity contribution in [3.8, 4) is 0 Å². The van der Waals surface area contributed by atoms with Gasteiger partial charge in [0.15, 0.2) is 0 Å². The van der Waals surface area contributed by atoms with E-state index in [4.69, 9.17) is 0 Å². The minimum atomic E-state index is 0.746. The van der Waals surface area contributed by atoms with Gasteiger partial charge in [-0.05, 0) is 24.1 Å². The summed E-state index contributed by atoms with van der Waals surface area (Å²) < 4.78 is 0. The van der Waals surface area contributed by atoms with Crippen LogP contribution in [0.5, 0.6) is 0 Å². The zero-order chi connectivity index (χ0) is 12.3. The normalized spacial score (nSPS) is 10.1. The molecule has 0 N–H and O–H groups in total. The molecule has 0 heterocycles. The third-order valence-corrected chi connectivity index (χ3v) is 2.05. The summed E-state index contributed by atoms with van der Waals surface area (Å²) in [4.78, 5) is 10.2. The van der Waals surface area contributed by atoms with Gasteiger partial charge in [0.1, 0.15) is 6.29 Å². The van der Waals surface area contributed by atoms with Gasteiger partial charge in [0.05, 0.1) is 0 Å². The molecule has 1 nitrogen and oxygen atoms in total. The van der Waals surface area contributed by atoms with Gasteiger partial charge in [-0.15, -0.1) is 0 Å². The number of rotatable bonds is 2. The van der Waals surface area contributed by atoms with Crippen molar-refractivity contribution in [2.24, 2.45) is 0 Å². The van der Waals surface area contributed by atoms with Gasteiger partial charge in [-0.3, -0.25) is 4.79 Å². The van der Waals surface area contributed by atoms with Crippen molar-refractivity contribution >= 4 is 12.4 Å². The van der Waals surface area contributed by atoms with Gasteiger partial charge in [-0.1, -0.05) is 66.7 Å². The van der Waals surface area contributed by atoms with E-state index in [1.54, 1.807) is 6.92 Å². The molecular formula is C16H16O. The maximum Gasteiger partial charge on any atom is 0.145 e. The third kappa shape index (κ3) is 6.10. The molecule has 2 aromatic rings. The van der Waals surface area contributed by atoms with E-state index in [0.717, 1.165) is 17.4 Å². The van der Waals surface area contributed by atoms with Crippen molar-refractivity contribution in [3.63, 3.8) is 0 Å². The van der Waals surface area contributed by atoms with Crippen molar-refractivity contribution in [2.75, 3.05) is 0 Å². The molecule has 0 aliphatic rings. The van der Waals surface area contributed by atoms with Crippen LogP contribution in [0.1, 0.15) is 12.5 Å². The van der Waals surface area contributed by atoms with E-state index in [1.807, 2.05) is 72.8 Å². The van der Waals surface area contributed by atoms with Gasteiger partial charge in [0.2, 0.25) is 0 Å². The summed E-state index contributed by atoms with van der Waals surface area (Å²) in [5.41, 5.74) is 1.81. The highest BCUT2D eigenvalue weighted by atomic mass is 16.1. The highest BCUT2D eigenvalue weighted by molar-refractivity contribution is 5.80. The predicted octanol–water partition coefficient (Wildman–Crippen LogP) is 3.98. The molecular weight excluding hydrogens is 208 g/mol. The van der Waals surface area contributed by atoms with Gasteiger partial charge >= 0.3 is 0 Å². The number of allylic oxidation sites excluding steroid dienone is 1. The summed E-state index contributed by atoms with van der Waals surface area (Å²) in [7, 11) is 0. The number of hydrogen-bond acceptors (Lipinski definition) is 1. The Labute approximate surface area is 102 Å². The van der Waals surface area contributed by atoms with Crippen LogP contribution in [0.15, 0.2) is 72.3 Å². The summed E-state index contributed by atoms with van der Waals surface area (Å²) in [6.45, 7) is 1.79. The standard InChI is InChI=1S/C10H10O.C6H6/c1-9(8-11)7-10-5-3-2-4-6-10;1-2-4-6-5-3-1/h2-8H,1H3;1-6H/b9-7+;. The fraction of sp³-hybridized carbons (Fsp3) is 0.0625. The molecule has 0 spiro atoms. The molecule has 86 valence electrons. The minimum absolute atomic E-state index is 0.746. The first kappa shape index (κ1) is 12.9. The van der Waals surface area contributed by atoms with E-state index in [2.05, 4.69) is 0 Å². The van der Waals surface area contributed by atoms with Crippen molar-refractivity contribution in [3.05, 3.63) is 77.9 Å². The van der Waals surface area contributed by atoms with E-state index >= 15 is 0 Å². The Morgan fingerprint density at radius 3 is 1.65 bits per heavy atom. The first-order valence-corrected chi connectivity index (χ1v) is 5.51. The summed E-state index contributed by atoms with van der Waals surface area (Å²) in [5, 5.41) is 0. The summed E-state index contributed by atoms with van der Waals surface area (Å²) in [6.07, 6.45) is 2.71. The van der Waals surface area contributed by atoms with E-state index in [1.165, 1.54) is 0 Å². The first-order valence-electron chi connectivity index (χ1n) is 5.51. The number of benzene rings is 2. The number of hydrogen-bond donors (Lipinski definition) is 0. The van der Waals surface area contributed by atoms with Crippen molar-refractivity contribution < 1.29 is 4.79 Å². The zero-order valence-corrected chi connectivity index (χ0v) is 9.91. The van der Waals surface area contributed by atoms with Crippen LogP contribution in [0.25, 0.3) is 6.08 Å². The molecule has 0 atom stereocenters. The van der Waals surface area contributed by atoms with E-state index in [9.17, 15) is 4.79 Å². The van der Waals surface area contributed by atoms with Crippen LogP contribution < -0.4 is 0 Å². The molecule has 0 bridgehead atoms. The number of carbonyl (C=O) groups excluding carboxylic acids is 1. The Morgan fingerprint density at radius 1 is 0.824 bits per heavy atom. The molecule has 0 aliphatic heterocycles. The summed E-state index contributed by atoms with van der Waals surface area (Å²) in [5.74, 6) is 0. The minimum Gasteiger partial charge on any atom is -0.298 e. The molecule has 0 aromatic heterocycles. The number of carbonyl (C=O) groups is 1. The summed E-state index contributed by atoms with van der Waals surface area (Å²) in [6, 6.07) is 21.8. The molecule has 0 unspecified atom stereocenters. The van der Waals surface area contributed by atoms with Crippen molar-refractivity contribution in [1.82, 2.24) is 0 Å². The van der Waals surface area contributed by atoms with Crippen LogP contribution in [-0.4, -0.2) is 6.29 Å². The van der Waals surface area contributed by atoms with E-state index in [0.29, 0.717) is 0 Å². The molecule has 2 aromatic carbocycles. The SMILES string of the molecule is C/C(C=O)=C\c1ccccc1.c1ccccc1. The van der Waals surface area contributed by atoms with Gasteiger partial charge in [-0.25, -0.2) is 0 Å². The monoisotopic (exact) mass is 224 g/mol. The van der Waals surface area contributed by atoms with Crippen LogP contribution in [0.3, 0.4) is 0 Å². The fourth-order valence-corrected chi connectivity index (χ4v) is 1.23. The maximum absolute atomic E-state index is 10.2. The highest BCUT2D eigenvalue weighted by Crippen LogP contribution is 2.03. The van der Waals surface area contributed by atoms with Gasteiger partial charge in [-0.2, -0.15) is 0 Å². The molecule has 2 rings (SSSR count). The lowest BCUT2D eigenvalue weighted by Crippen LogP contribution is -1.76. The van der Waals surface area contributed by atoms with E-state index in [-0.39, 0.29) is 0 Å². The first-order chi connectivity index (χ1) is 8.33. The molecule has 0 saturated carbocycles. The smallest absolute Gasteiger partial charge is 0.145 e. The van der Waals surface area contributed by atoms with Gasteiger partial charge in [0, 0.05) is 0 Å². The molecule has 17 heavy (non-hydrogen) atoms. The van der Waals surface area contributed by atoms with Crippen LogP contribution in [-0.2, 0) is 4.79 Å². The second kappa shape index (κ2) is 8.05. The third-order valence-electron chi connectivity index (χ3n) is 2.05. The quantitative estimate of drug-likeness (QED) is 0.557. The lowest BCUT2D eigenvalue weighted by atomic mass is 10.1. The van der Waals surface area contributed by atoms with E-state index < -0.39 is 0 Å². The molecule has 0 saturated heterocycles. The molecule has 0 amide bonds. The van der Waals surface area contributed by atoms with Crippen molar-refractivity contribution in [2.45, 2.75) is 6.92 Å². The number of aldehydes is 1. The Balaban J connectivity index is 0.000000202. The Morgan fingerprint density at radius 2 is 1.24 bits per heavy atom. The Bertz CT molecular complexity index is 417. The topological polar surface area (TPSA) is 17.1 Å². The van der Waals surface area contributed by atoms with Crippen LogP contribution in [0, 0.1) is 0 Å². The van der Waals surface area contributed by atoms with Gasteiger partial charge in [0.25, 0.3) is 0 Å². The fourth-order valence-electron chi connectivity index (χ4n) is 1.23. The highest BCUT2D eigenvalue weighted by Gasteiger charge is 1.85. The van der Waals surface area contributed by atoms with Crippen molar-refractivity contribution in [1.29, 1.82) is 0 Å². The molecule has 0 fully saturated rings. The lowest BCUT2D eigenvalue weighted by molar-refractivity contribution is -0.104. The Kier molecular flexibility index (Phi) is 6.12. The average molecular weight is 224 g/mol. The average Bonchev–Trinajstić information content (AvgIpc) is 2.42. The van der Waals surface area contributed by atoms with Crippen LogP contribution in [0.2, 0.25) is 0 Å². The van der Waals surface area contributed by atoms with Crippen LogP contribution in [0.4, 0.5) is 0 Å². The molecule has 0 aliphatic carbocycles. The molecule has 0 radical (unpaired) electrons. The zero-order valence-electron chi connectivity index (χ0n) is 9.91. The lowest BCUT2D eigenvalue weighted by Gasteiger charge is -1.90. The Hall–Kier alpha value is -2.15.